The average molecular weight is 286 g/mol. The molecule has 1 atom stereocenters. The van der Waals surface area contributed by atoms with Gasteiger partial charge in [0.25, 0.3) is 5.91 Å². The number of amides is 1. The summed E-state index contributed by atoms with van der Waals surface area (Å²) in [4.78, 5) is 14.6. The molecule has 4 heteroatoms. The molecule has 0 radical (unpaired) electrons. The van der Waals surface area contributed by atoms with Gasteiger partial charge in [0.1, 0.15) is 5.58 Å². The van der Waals surface area contributed by atoms with Gasteiger partial charge in [-0.1, -0.05) is 11.6 Å². The molecule has 1 amide bonds. The molecular formula is C17H22N2O2. The number of carbonyl (C=O) groups excluding carboxylic acids is 1. The van der Waals surface area contributed by atoms with E-state index in [1.807, 2.05) is 36.1 Å². The van der Waals surface area contributed by atoms with Gasteiger partial charge >= 0.3 is 0 Å². The molecule has 1 unspecified atom stereocenters. The van der Waals surface area contributed by atoms with E-state index in [4.69, 9.17) is 10.2 Å². The molecule has 2 heterocycles. The normalized spacial score (nSPS) is 18.6. The maximum absolute atomic E-state index is 12.7. The minimum Gasteiger partial charge on any atom is -0.451 e. The second kappa shape index (κ2) is 5.90. The maximum atomic E-state index is 12.7. The number of nitrogens with two attached hydrogens (primary N) is 1. The second-order valence-corrected chi connectivity index (χ2v) is 5.88. The van der Waals surface area contributed by atoms with Crippen LogP contribution in [-0.2, 0) is 0 Å². The van der Waals surface area contributed by atoms with Crippen molar-refractivity contribution in [2.45, 2.75) is 38.6 Å². The van der Waals surface area contributed by atoms with Crippen molar-refractivity contribution in [2.24, 2.45) is 5.73 Å². The molecule has 1 aromatic heterocycles. The molecule has 2 aromatic rings. The SMILES string of the molecule is Cc1ccc2oc(C(=O)N3CCCC3CCCN)cc2c1. The minimum atomic E-state index is 0.0170. The van der Waals surface area contributed by atoms with Crippen LogP contribution in [0.4, 0.5) is 0 Å². The number of hydrogen-bond acceptors (Lipinski definition) is 3. The van der Waals surface area contributed by atoms with Crippen LogP contribution in [0, 0.1) is 6.92 Å². The molecule has 1 aliphatic heterocycles. The number of aryl methyl sites for hydroxylation is 1. The second-order valence-electron chi connectivity index (χ2n) is 5.88. The maximum Gasteiger partial charge on any atom is 0.289 e. The van der Waals surface area contributed by atoms with Crippen molar-refractivity contribution in [3.8, 4) is 0 Å². The van der Waals surface area contributed by atoms with Crippen molar-refractivity contribution >= 4 is 16.9 Å². The Morgan fingerprint density at radius 2 is 2.29 bits per heavy atom. The largest absolute Gasteiger partial charge is 0.451 e. The van der Waals surface area contributed by atoms with Crippen molar-refractivity contribution in [3.05, 3.63) is 35.6 Å². The molecule has 112 valence electrons. The molecule has 1 aromatic carbocycles. The van der Waals surface area contributed by atoms with E-state index >= 15 is 0 Å². The summed E-state index contributed by atoms with van der Waals surface area (Å²) in [5.41, 5.74) is 7.53. The summed E-state index contributed by atoms with van der Waals surface area (Å²) >= 11 is 0. The summed E-state index contributed by atoms with van der Waals surface area (Å²) in [5, 5.41) is 0.996. The fourth-order valence-electron chi connectivity index (χ4n) is 3.17. The summed E-state index contributed by atoms with van der Waals surface area (Å²) in [5.74, 6) is 0.471. The van der Waals surface area contributed by atoms with Gasteiger partial charge in [0, 0.05) is 18.0 Å². The van der Waals surface area contributed by atoms with Gasteiger partial charge in [0.2, 0.25) is 0 Å². The van der Waals surface area contributed by atoms with Crippen LogP contribution >= 0.6 is 0 Å². The van der Waals surface area contributed by atoms with Crippen LogP contribution in [0.25, 0.3) is 11.0 Å². The minimum absolute atomic E-state index is 0.0170. The third kappa shape index (κ3) is 2.81. The molecule has 2 N–H and O–H groups in total. The van der Waals surface area contributed by atoms with Crippen LogP contribution in [0.5, 0.6) is 0 Å². The Morgan fingerprint density at radius 3 is 3.10 bits per heavy atom. The van der Waals surface area contributed by atoms with E-state index < -0.39 is 0 Å². The Morgan fingerprint density at radius 1 is 1.43 bits per heavy atom. The zero-order valence-electron chi connectivity index (χ0n) is 12.5. The fourth-order valence-corrected chi connectivity index (χ4v) is 3.17. The van der Waals surface area contributed by atoms with Crippen molar-refractivity contribution in [2.75, 3.05) is 13.1 Å². The lowest BCUT2D eigenvalue weighted by Crippen LogP contribution is -2.35. The summed E-state index contributed by atoms with van der Waals surface area (Å²) < 4.78 is 5.73. The molecule has 3 rings (SSSR count). The fraction of sp³-hybridized carbons (Fsp3) is 0.471. The summed E-state index contributed by atoms with van der Waals surface area (Å²) in [6.45, 7) is 3.55. The van der Waals surface area contributed by atoms with E-state index in [1.165, 1.54) is 5.56 Å². The molecule has 0 aliphatic carbocycles. The predicted octanol–water partition coefficient (Wildman–Crippen LogP) is 3.08. The van der Waals surface area contributed by atoms with Gasteiger partial charge in [-0.25, -0.2) is 0 Å². The van der Waals surface area contributed by atoms with Crippen molar-refractivity contribution in [3.63, 3.8) is 0 Å². The van der Waals surface area contributed by atoms with Crippen LogP contribution in [0.3, 0.4) is 0 Å². The standard InChI is InChI=1S/C17H22N2O2/c1-12-6-7-15-13(10-12)11-16(21-15)17(20)19-9-3-5-14(19)4-2-8-18/h6-7,10-11,14H,2-5,8-9,18H2,1H3. The van der Waals surface area contributed by atoms with E-state index in [1.54, 1.807) is 0 Å². The number of nitrogens with zero attached hydrogens (tertiary/aromatic N) is 1. The van der Waals surface area contributed by atoms with Crippen LogP contribution in [0.2, 0.25) is 0 Å². The lowest BCUT2D eigenvalue weighted by Gasteiger charge is -2.23. The molecule has 0 spiro atoms. The Labute approximate surface area is 124 Å². The summed E-state index contributed by atoms with van der Waals surface area (Å²) in [6, 6.07) is 8.15. The Bertz CT molecular complexity index is 647. The Kier molecular flexibility index (Phi) is 3.97. The van der Waals surface area contributed by atoms with Crippen molar-refractivity contribution in [1.82, 2.24) is 4.90 Å². The van der Waals surface area contributed by atoms with E-state index in [0.29, 0.717) is 18.3 Å². The van der Waals surface area contributed by atoms with Gasteiger partial charge in [-0.2, -0.15) is 0 Å². The number of benzene rings is 1. The predicted molar refractivity (Wildman–Crippen MR) is 83.3 cm³/mol. The smallest absolute Gasteiger partial charge is 0.289 e. The molecular weight excluding hydrogens is 264 g/mol. The monoisotopic (exact) mass is 286 g/mol. The number of likely N-dealkylation sites (tertiary alicyclic amines) is 1. The van der Waals surface area contributed by atoms with E-state index in [2.05, 4.69) is 0 Å². The van der Waals surface area contributed by atoms with Crippen LogP contribution in [-0.4, -0.2) is 29.9 Å². The van der Waals surface area contributed by atoms with Gasteiger partial charge in [0.15, 0.2) is 5.76 Å². The highest BCUT2D eigenvalue weighted by Gasteiger charge is 2.30. The highest BCUT2D eigenvalue weighted by molar-refractivity contribution is 5.96. The lowest BCUT2D eigenvalue weighted by atomic mass is 10.1. The quantitative estimate of drug-likeness (QED) is 0.939. The van der Waals surface area contributed by atoms with Crippen LogP contribution in [0.15, 0.2) is 28.7 Å². The summed E-state index contributed by atoms with van der Waals surface area (Å²) in [6.07, 6.45) is 4.10. The topological polar surface area (TPSA) is 59.5 Å². The zero-order valence-corrected chi connectivity index (χ0v) is 12.5. The molecule has 1 aliphatic rings. The average Bonchev–Trinajstić information content (AvgIpc) is 3.10. The first-order valence-corrected chi connectivity index (χ1v) is 7.70. The van der Waals surface area contributed by atoms with Crippen molar-refractivity contribution in [1.29, 1.82) is 0 Å². The number of fused-ring (bicyclic) bond motifs is 1. The third-order valence-corrected chi connectivity index (χ3v) is 4.26. The van der Waals surface area contributed by atoms with Crippen molar-refractivity contribution < 1.29 is 9.21 Å². The molecule has 0 bridgehead atoms. The third-order valence-electron chi connectivity index (χ3n) is 4.26. The van der Waals surface area contributed by atoms with Gasteiger partial charge in [0.05, 0.1) is 0 Å². The van der Waals surface area contributed by atoms with Crippen LogP contribution < -0.4 is 5.73 Å². The molecule has 1 fully saturated rings. The summed E-state index contributed by atoms with van der Waals surface area (Å²) in [7, 11) is 0. The molecule has 21 heavy (non-hydrogen) atoms. The zero-order chi connectivity index (χ0) is 14.8. The molecule has 0 saturated carbocycles. The first-order chi connectivity index (χ1) is 10.2. The van der Waals surface area contributed by atoms with Gasteiger partial charge in [-0.05, 0) is 57.4 Å². The Hall–Kier alpha value is -1.81. The first-order valence-electron chi connectivity index (χ1n) is 7.70. The van der Waals surface area contributed by atoms with Crippen LogP contribution in [0.1, 0.15) is 41.8 Å². The highest BCUT2D eigenvalue weighted by Crippen LogP contribution is 2.26. The number of hydrogen-bond donors (Lipinski definition) is 1. The number of carbonyl (C=O) groups is 1. The van der Waals surface area contributed by atoms with Gasteiger partial charge in [-0.15, -0.1) is 0 Å². The number of rotatable bonds is 4. The Balaban J connectivity index is 1.82. The lowest BCUT2D eigenvalue weighted by molar-refractivity contribution is 0.0699. The molecule has 1 saturated heterocycles. The first kappa shape index (κ1) is 14.1. The van der Waals surface area contributed by atoms with E-state index in [0.717, 1.165) is 43.2 Å². The molecule has 4 nitrogen and oxygen atoms in total. The van der Waals surface area contributed by atoms with Gasteiger partial charge in [-0.3, -0.25) is 4.79 Å². The van der Waals surface area contributed by atoms with Gasteiger partial charge < -0.3 is 15.1 Å². The van der Waals surface area contributed by atoms with E-state index in [-0.39, 0.29) is 5.91 Å². The van der Waals surface area contributed by atoms with E-state index in [9.17, 15) is 4.79 Å². The number of furan rings is 1. The highest BCUT2D eigenvalue weighted by atomic mass is 16.3.